The standard InChI is InChI=1S/C23H31FN4O2/c1-3-21(29)28-11-9-27(10-12-28)17-6-4-5-16(13-17)25-23(30)20-14-18-19(24)8-7-15(2)22(18)26-20/h7-8,14,16-17,26H,3-6,9-13H2,1-2H3,(H,25,30)/t16-,17-/m1/s1. The minimum absolute atomic E-state index is 0.115. The van der Waals surface area contributed by atoms with Gasteiger partial charge in [-0.15, -0.1) is 0 Å². The van der Waals surface area contributed by atoms with Crippen molar-refractivity contribution in [1.82, 2.24) is 20.1 Å². The van der Waals surface area contributed by atoms with E-state index < -0.39 is 0 Å². The number of hydrogen-bond donors (Lipinski definition) is 2. The zero-order valence-electron chi connectivity index (χ0n) is 17.8. The number of benzene rings is 1. The quantitative estimate of drug-likeness (QED) is 0.807. The summed E-state index contributed by atoms with van der Waals surface area (Å²) in [5.74, 6) is -0.258. The first kappa shape index (κ1) is 20.8. The molecule has 1 saturated heterocycles. The largest absolute Gasteiger partial charge is 0.350 e. The number of aromatic nitrogens is 1. The van der Waals surface area contributed by atoms with Crippen LogP contribution in [0.3, 0.4) is 0 Å². The number of fused-ring (bicyclic) bond motifs is 1. The molecule has 162 valence electrons. The number of carbonyl (C=O) groups excluding carboxylic acids is 2. The number of carbonyl (C=O) groups is 2. The Morgan fingerprint density at radius 3 is 2.67 bits per heavy atom. The minimum Gasteiger partial charge on any atom is -0.350 e. The number of amides is 2. The Hall–Kier alpha value is -2.41. The van der Waals surface area contributed by atoms with Crippen LogP contribution < -0.4 is 5.32 Å². The third kappa shape index (κ3) is 4.21. The van der Waals surface area contributed by atoms with E-state index in [9.17, 15) is 14.0 Å². The monoisotopic (exact) mass is 414 g/mol. The smallest absolute Gasteiger partial charge is 0.267 e. The molecule has 0 radical (unpaired) electrons. The van der Waals surface area contributed by atoms with Gasteiger partial charge in [-0.3, -0.25) is 14.5 Å². The van der Waals surface area contributed by atoms with E-state index in [1.165, 1.54) is 6.07 Å². The highest BCUT2D eigenvalue weighted by Gasteiger charge is 2.30. The zero-order valence-corrected chi connectivity index (χ0v) is 17.8. The van der Waals surface area contributed by atoms with Gasteiger partial charge in [-0.05, 0) is 50.3 Å². The van der Waals surface area contributed by atoms with Crippen molar-refractivity contribution in [3.63, 3.8) is 0 Å². The molecule has 7 heteroatoms. The molecule has 2 fully saturated rings. The van der Waals surface area contributed by atoms with Gasteiger partial charge in [-0.2, -0.15) is 0 Å². The van der Waals surface area contributed by atoms with Gasteiger partial charge in [0.05, 0.1) is 5.52 Å². The fourth-order valence-electron chi connectivity index (χ4n) is 4.90. The Bertz CT molecular complexity index is 894. The van der Waals surface area contributed by atoms with E-state index in [2.05, 4.69) is 15.2 Å². The molecule has 1 aliphatic heterocycles. The number of H-pyrrole nitrogens is 1. The van der Waals surface area contributed by atoms with Crippen molar-refractivity contribution in [1.29, 1.82) is 0 Å². The Morgan fingerprint density at radius 2 is 1.97 bits per heavy atom. The lowest BCUT2D eigenvalue weighted by molar-refractivity contribution is -0.133. The normalized spacial score (nSPS) is 23.0. The lowest BCUT2D eigenvalue weighted by Crippen LogP contribution is -2.54. The van der Waals surface area contributed by atoms with Crippen LogP contribution in [0.25, 0.3) is 10.9 Å². The van der Waals surface area contributed by atoms with Crippen molar-refractivity contribution in [2.75, 3.05) is 26.2 Å². The molecule has 4 rings (SSSR count). The van der Waals surface area contributed by atoms with Gasteiger partial charge in [0.15, 0.2) is 0 Å². The lowest BCUT2D eigenvalue weighted by atomic mass is 9.89. The van der Waals surface area contributed by atoms with Gasteiger partial charge in [0.25, 0.3) is 5.91 Å². The van der Waals surface area contributed by atoms with Gasteiger partial charge in [0, 0.05) is 50.1 Å². The number of nitrogens with zero attached hydrogens (tertiary/aromatic N) is 2. The van der Waals surface area contributed by atoms with Gasteiger partial charge in [-0.1, -0.05) is 13.0 Å². The van der Waals surface area contributed by atoms with Crippen LogP contribution in [0.2, 0.25) is 0 Å². The Morgan fingerprint density at radius 1 is 1.20 bits per heavy atom. The maximum Gasteiger partial charge on any atom is 0.267 e. The van der Waals surface area contributed by atoms with Crippen molar-refractivity contribution < 1.29 is 14.0 Å². The molecule has 0 unspecified atom stereocenters. The molecule has 2 aliphatic rings. The highest BCUT2D eigenvalue weighted by atomic mass is 19.1. The van der Waals surface area contributed by atoms with Crippen LogP contribution in [0, 0.1) is 12.7 Å². The SMILES string of the molecule is CCC(=O)N1CCN([C@@H]2CCC[C@@H](NC(=O)c3cc4c(F)ccc(C)c4[nH]3)C2)CC1. The number of rotatable bonds is 4. The Kier molecular flexibility index (Phi) is 6.09. The predicted molar refractivity (Wildman–Crippen MR) is 115 cm³/mol. The summed E-state index contributed by atoms with van der Waals surface area (Å²) in [5, 5.41) is 3.62. The topological polar surface area (TPSA) is 68.4 Å². The highest BCUT2D eigenvalue weighted by Crippen LogP contribution is 2.26. The van der Waals surface area contributed by atoms with Gasteiger partial charge >= 0.3 is 0 Å². The first-order valence-corrected chi connectivity index (χ1v) is 11.1. The molecule has 0 bridgehead atoms. The second kappa shape index (κ2) is 8.76. The second-order valence-electron chi connectivity index (χ2n) is 8.60. The average molecular weight is 415 g/mol. The van der Waals surface area contributed by atoms with Crippen LogP contribution in [0.1, 0.15) is 55.1 Å². The van der Waals surface area contributed by atoms with Crippen LogP contribution in [0.4, 0.5) is 4.39 Å². The Balaban J connectivity index is 1.36. The van der Waals surface area contributed by atoms with Crippen molar-refractivity contribution >= 4 is 22.7 Å². The fourth-order valence-corrected chi connectivity index (χ4v) is 4.90. The first-order chi connectivity index (χ1) is 14.5. The summed E-state index contributed by atoms with van der Waals surface area (Å²) in [6.45, 7) is 7.20. The molecule has 2 amide bonds. The molecule has 6 nitrogen and oxygen atoms in total. The van der Waals surface area contributed by atoms with E-state index in [-0.39, 0.29) is 23.7 Å². The summed E-state index contributed by atoms with van der Waals surface area (Å²) in [6.07, 6.45) is 4.65. The molecule has 2 N–H and O–H groups in total. The van der Waals surface area contributed by atoms with Crippen LogP contribution in [0.5, 0.6) is 0 Å². The summed E-state index contributed by atoms with van der Waals surface area (Å²) >= 11 is 0. The van der Waals surface area contributed by atoms with E-state index in [0.717, 1.165) is 57.4 Å². The summed E-state index contributed by atoms with van der Waals surface area (Å²) in [7, 11) is 0. The number of hydrogen-bond acceptors (Lipinski definition) is 3. The van der Waals surface area contributed by atoms with Gasteiger partial charge < -0.3 is 15.2 Å². The molecule has 1 saturated carbocycles. The summed E-state index contributed by atoms with van der Waals surface area (Å²) < 4.78 is 14.1. The van der Waals surface area contributed by atoms with E-state index in [1.807, 2.05) is 18.7 Å². The number of aryl methyl sites for hydroxylation is 1. The van der Waals surface area contributed by atoms with Crippen LogP contribution in [-0.4, -0.2) is 64.9 Å². The Labute approximate surface area is 176 Å². The van der Waals surface area contributed by atoms with E-state index in [1.54, 1.807) is 12.1 Å². The molecule has 0 spiro atoms. The maximum atomic E-state index is 14.1. The number of nitrogens with one attached hydrogen (secondary N) is 2. The summed E-state index contributed by atoms with van der Waals surface area (Å²) in [6, 6.07) is 5.31. The van der Waals surface area contributed by atoms with Crippen molar-refractivity contribution in [2.24, 2.45) is 0 Å². The predicted octanol–water partition coefficient (Wildman–Crippen LogP) is 3.21. The third-order valence-corrected chi connectivity index (χ3v) is 6.66. The van der Waals surface area contributed by atoms with E-state index in [4.69, 9.17) is 0 Å². The van der Waals surface area contributed by atoms with Gasteiger partial charge in [0.2, 0.25) is 5.91 Å². The number of halogens is 1. The minimum atomic E-state index is -0.315. The van der Waals surface area contributed by atoms with Crippen LogP contribution >= 0.6 is 0 Å². The highest BCUT2D eigenvalue weighted by molar-refractivity contribution is 5.99. The zero-order chi connectivity index (χ0) is 21.3. The first-order valence-electron chi connectivity index (χ1n) is 11.1. The molecule has 2 heterocycles. The van der Waals surface area contributed by atoms with E-state index in [0.29, 0.717) is 29.1 Å². The molecule has 1 aromatic heterocycles. The van der Waals surface area contributed by atoms with Crippen molar-refractivity contribution in [3.05, 3.63) is 35.3 Å². The summed E-state index contributed by atoms with van der Waals surface area (Å²) in [4.78, 5) is 32.2. The summed E-state index contributed by atoms with van der Waals surface area (Å²) in [5.41, 5.74) is 2.01. The second-order valence-corrected chi connectivity index (χ2v) is 8.60. The third-order valence-electron chi connectivity index (χ3n) is 6.66. The van der Waals surface area contributed by atoms with E-state index >= 15 is 0 Å². The molecule has 1 aliphatic carbocycles. The number of piperazine rings is 1. The molecule has 2 aromatic rings. The molecule has 30 heavy (non-hydrogen) atoms. The van der Waals surface area contributed by atoms with Crippen LogP contribution in [0.15, 0.2) is 18.2 Å². The molecular formula is C23H31FN4O2. The number of aromatic amines is 1. The molecule has 2 atom stereocenters. The van der Waals surface area contributed by atoms with Gasteiger partial charge in [0.1, 0.15) is 11.5 Å². The van der Waals surface area contributed by atoms with Crippen molar-refractivity contribution in [2.45, 2.75) is 58.0 Å². The molecular weight excluding hydrogens is 383 g/mol. The fraction of sp³-hybridized carbons (Fsp3) is 0.565. The maximum absolute atomic E-state index is 14.1. The average Bonchev–Trinajstić information content (AvgIpc) is 3.23. The molecule has 1 aromatic carbocycles. The van der Waals surface area contributed by atoms with Crippen LogP contribution in [-0.2, 0) is 4.79 Å². The lowest BCUT2D eigenvalue weighted by Gasteiger charge is -2.42. The van der Waals surface area contributed by atoms with Crippen molar-refractivity contribution in [3.8, 4) is 0 Å². The van der Waals surface area contributed by atoms with Gasteiger partial charge in [-0.25, -0.2) is 4.39 Å².